The van der Waals surface area contributed by atoms with E-state index in [4.69, 9.17) is 8.98 Å². The Morgan fingerprint density at radius 3 is 2.52 bits per heavy atom. The number of hydrogen-bond donors (Lipinski definition) is 0. The Labute approximate surface area is 152 Å². The van der Waals surface area contributed by atoms with Crippen molar-refractivity contribution in [1.29, 1.82) is 0 Å². The van der Waals surface area contributed by atoms with Crippen LogP contribution in [0, 0.1) is 0 Å². The largest absolute Gasteiger partial charge is 0.471 e. The molecule has 1 aromatic carbocycles. The Kier molecular flexibility index (Phi) is 7.28. The molecule has 1 fully saturated rings. The molecule has 25 heavy (non-hydrogen) atoms. The monoisotopic (exact) mass is 361 g/mol. The van der Waals surface area contributed by atoms with E-state index < -0.39 is 0 Å². The molecule has 2 aliphatic heterocycles. The molecule has 0 spiro atoms. The molecular formula is C19H23NO4S. The van der Waals surface area contributed by atoms with Gasteiger partial charge in [0.2, 0.25) is 5.78 Å². The van der Waals surface area contributed by atoms with Crippen LogP contribution in [0.4, 0.5) is 5.69 Å². The van der Waals surface area contributed by atoms with E-state index in [2.05, 4.69) is 15.7 Å². The second-order valence-corrected chi connectivity index (χ2v) is 6.73. The summed E-state index contributed by atoms with van der Waals surface area (Å²) in [6.45, 7) is 5.08. The van der Waals surface area contributed by atoms with Crippen LogP contribution in [-0.4, -0.2) is 31.2 Å². The van der Waals surface area contributed by atoms with Gasteiger partial charge in [0.25, 0.3) is 6.47 Å². The number of rotatable bonds is 3. The zero-order chi connectivity index (χ0) is 18.2. The minimum atomic E-state index is 0.127. The van der Waals surface area contributed by atoms with Crippen molar-refractivity contribution in [3.63, 3.8) is 0 Å². The fraction of sp³-hybridized carbons (Fsp3) is 0.368. The molecule has 1 aromatic rings. The van der Waals surface area contributed by atoms with E-state index >= 15 is 0 Å². The second kappa shape index (κ2) is 9.44. The third kappa shape index (κ3) is 4.74. The van der Waals surface area contributed by atoms with Crippen LogP contribution in [0.25, 0.3) is 0 Å². The fourth-order valence-corrected chi connectivity index (χ4v) is 3.52. The summed E-state index contributed by atoms with van der Waals surface area (Å²) >= 11 is 1.48. The van der Waals surface area contributed by atoms with E-state index in [1.807, 2.05) is 44.2 Å². The van der Waals surface area contributed by atoms with E-state index in [-0.39, 0.29) is 11.0 Å². The highest BCUT2D eigenvalue weighted by Gasteiger charge is 2.32. The number of Topliss-reactive ketones (excluding diaryl/α,β-unsaturated/α-hetero) is 1. The number of para-hydroxylation sites is 1. The zero-order valence-electron chi connectivity index (χ0n) is 14.7. The molecule has 2 aliphatic rings. The molecule has 3 rings (SSSR count). The molecule has 0 N–H and O–H groups in total. The lowest BCUT2D eigenvalue weighted by molar-refractivity contribution is -0.126. The van der Waals surface area contributed by atoms with Crippen molar-refractivity contribution in [2.75, 3.05) is 18.6 Å². The van der Waals surface area contributed by atoms with Crippen LogP contribution in [0.5, 0.6) is 0 Å². The molecule has 0 amide bonds. The van der Waals surface area contributed by atoms with E-state index in [9.17, 15) is 4.79 Å². The van der Waals surface area contributed by atoms with Gasteiger partial charge in [-0.3, -0.25) is 9.59 Å². The van der Waals surface area contributed by atoms with Gasteiger partial charge < -0.3 is 13.8 Å². The first-order valence-corrected chi connectivity index (χ1v) is 8.94. The SMILES string of the molecule is CC1=C(C)N(c2ccccc2)/C(=C/C2CCCOS2)C1=O.COC=O. The summed E-state index contributed by atoms with van der Waals surface area (Å²) in [7, 11) is 1.31. The zero-order valence-corrected chi connectivity index (χ0v) is 15.5. The summed E-state index contributed by atoms with van der Waals surface area (Å²) in [5.74, 6) is 0.127. The minimum Gasteiger partial charge on any atom is -0.471 e. The minimum absolute atomic E-state index is 0.127. The molecule has 0 aliphatic carbocycles. The summed E-state index contributed by atoms with van der Waals surface area (Å²) in [6.07, 6.45) is 4.17. The molecule has 0 bridgehead atoms. The van der Waals surface area contributed by atoms with Gasteiger partial charge in [-0.05, 0) is 56.9 Å². The smallest absolute Gasteiger partial charge is 0.292 e. The van der Waals surface area contributed by atoms with Crippen LogP contribution in [-0.2, 0) is 18.5 Å². The summed E-state index contributed by atoms with van der Waals surface area (Å²) in [4.78, 5) is 23.6. The Bertz CT molecular complexity index is 663. The summed E-state index contributed by atoms with van der Waals surface area (Å²) in [5.41, 5.74) is 3.64. The molecule has 0 aromatic heterocycles. The number of allylic oxidation sites excluding steroid dienone is 2. The molecule has 1 saturated heterocycles. The molecule has 1 unspecified atom stereocenters. The topological polar surface area (TPSA) is 55.8 Å². The Morgan fingerprint density at radius 1 is 1.28 bits per heavy atom. The van der Waals surface area contributed by atoms with Gasteiger partial charge in [-0.25, -0.2) is 0 Å². The summed E-state index contributed by atoms with van der Waals surface area (Å²) in [5, 5.41) is 0.252. The number of hydrogen-bond acceptors (Lipinski definition) is 6. The van der Waals surface area contributed by atoms with Crippen molar-refractivity contribution in [2.45, 2.75) is 31.9 Å². The van der Waals surface area contributed by atoms with Crippen LogP contribution in [0.3, 0.4) is 0 Å². The Balaban J connectivity index is 0.000000511. The van der Waals surface area contributed by atoms with Gasteiger partial charge in [0.15, 0.2) is 0 Å². The average molecular weight is 361 g/mol. The quantitative estimate of drug-likeness (QED) is 0.463. The highest BCUT2D eigenvalue weighted by Crippen LogP contribution is 2.36. The molecule has 134 valence electrons. The number of ketones is 1. The predicted molar refractivity (Wildman–Crippen MR) is 100 cm³/mol. The number of nitrogens with zero attached hydrogens (tertiary/aromatic N) is 1. The van der Waals surface area contributed by atoms with Crippen molar-refractivity contribution in [2.24, 2.45) is 0 Å². The Hall–Kier alpha value is -2.05. The van der Waals surface area contributed by atoms with Gasteiger partial charge >= 0.3 is 0 Å². The van der Waals surface area contributed by atoms with E-state index in [0.29, 0.717) is 6.47 Å². The molecule has 6 heteroatoms. The molecule has 0 saturated carbocycles. The highest BCUT2D eigenvalue weighted by molar-refractivity contribution is 7.95. The van der Waals surface area contributed by atoms with E-state index in [1.165, 1.54) is 19.2 Å². The maximum atomic E-state index is 12.6. The van der Waals surface area contributed by atoms with Crippen molar-refractivity contribution < 1.29 is 18.5 Å². The van der Waals surface area contributed by atoms with Crippen LogP contribution in [0.1, 0.15) is 26.7 Å². The van der Waals surface area contributed by atoms with Crippen molar-refractivity contribution >= 4 is 30.0 Å². The van der Waals surface area contributed by atoms with Crippen LogP contribution in [0.2, 0.25) is 0 Å². The first kappa shape index (κ1) is 19.3. The lowest BCUT2D eigenvalue weighted by Crippen LogP contribution is -2.20. The van der Waals surface area contributed by atoms with Crippen LogP contribution < -0.4 is 4.90 Å². The normalized spacial score (nSPS) is 21.9. The van der Waals surface area contributed by atoms with Crippen LogP contribution >= 0.6 is 12.0 Å². The first-order chi connectivity index (χ1) is 12.1. The molecular weight excluding hydrogens is 338 g/mol. The molecule has 2 heterocycles. The van der Waals surface area contributed by atoms with Gasteiger partial charge in [0.1, 0.15) is 0 Å². The fourth-order valence-electron chi connectivity index (χ4n) is 2.68. The van der Waals surface area contributed by atoms with Gasteiger partial charge in [-0.15, -0.1) is 0 Å². The number of anilines is 1. The number of methoxy groups -OCH3 is 1. The van der Waals surface area contributed by atoms with Gasteiger partial charge in [-0.2, -0.15) is 0 Å². The number of ether oxygens (including phenoxy) is 1. The van der Waals surface area contributed by atoms with Crippen molar-refractivity contribution in [3.8, 4) is 0 Å². The standard InChI is InChI=1S/C17H19NO2S.C2H4O2/c1-12-13(2)18(14-7-4-3-5-8-14)16(17(12)19)11-15-9-6-10-20-21-15;1-4-2-3/h3-5,7-8,11,15H,6,9-10H2,1-2H3;2H,1H3/b16-11+;. The van der Waals surface area contributed by atoms with Crippen molar-refractivity contribution in [1.82, 2.24) is 0 Å². The van der Waals surface area contributed by atoms with Gasteiger partial charge in [0, 0.05) is 17.0 Å². The Morgan fingerprint density at radius 2 is 1.96 bits per heavy atom. The highest BCUT2D eigenvalue weighted by atomic mass is 32.2. The maximum absolute atomic E-state index is 12.6. The van der Waals surface area contributed by atoms with Crippen molar-refractivity contribution in [3.05, 3.63) is 53.4 Å². The predicted octanol–water partition coefficient (Wildman–Crippen LogP) is 3.87. The summed E-state index contributed by atoms with van der Waals surface area (Å²) < 4.78 is 9.31. The van der Waals surface area contributed by atoms with Crippen LogP contribution in [0.15, 0.2) is 53.4 Å². The lowest BCUT2D eigenvalue weighted by Gasteiger charge is -2.24. The lowest BCUT2D eigenvalue weighted by atomic mass is 10.1. The second-order valence-electron chi connectivity index (χ2n) is 5.69. The number of benzene rings is 1. The van der Waals surface area contributed by atoms with Gasteiger partial charge in [0.05, 0.1) is 24.7 Å². The van der Waals surface area contributed by atoms with E-state index in [0.717, 1.165) is 42.1 Å². The number of carbonyl (C=O) groups excluding carboxylic acids is 2. The van der Waals surface area contributed by atoms with Gasteiger partial charge in [-0.1, -0.05) is 18.2 Å². The maximum Gasteiger partial charge on any atom is 0.292 e. The first-order valence-electron chi connectivity index (χ1n) is 8.14. The molecule has 0 radical (unpaired) electrons. The third-order valence-corrected chi connectivity index (χ3v) is 4.98. The van der Waals surface area contributed by atoms with E-state index in [1.54, 1.807) is 0 Å². The molecule has 5 nitrogen and oxygen atoms in total. The molecule has 1 atom stereocenters. The summed E-state index contributed by atoms with van der Waals surface area (Å²) in [6, 6.07) is 10.1. The average Bonchev–Trinajstić information content (AvgIpc) is 2.87. The third-order valence-electron chi connectivity index (χ3n) is 4.05. The number of carbonyl (C=O) groups is 2.